The van der Waals surface area contributed by atoms with E-state index in [0.29, 0.717) is 0 Å². The van der Waals surface area contributed by atoms with Gasteiger partial charge in [0.15, 0.2) is 11.7 Å². The zero-order chi connectivity index (χ0) is 10.1. The van der Waals surface area contributed by atoms with Gasteiger partial charge in [-0.15, -0.1) is 0 Å². The number of methoxy groups -OCH3 is 1. The van der Waals surface area contributed by atoms with Crippen LogP contribution >= 0.6 is 0 Å². The lowest BCUT2D eigenvalue weighted by atomic mass is 10.00. The molecule has 5 nitrogen and oxygen atoms in total. The van der Waals surface area contributed by atoms with E-state index in [2.05, 4.69) is 9.47 Å². The first kappa shape index (κ1) is 9.73. The van der Waals surface area contributed by atoms with Crippen LogP contribution in [0.15, 0.2) is 12.2 Å². The van der Waals surface area contributed by atoms with Crippen LogP contribution in [-0.2, 0) is 19.1 Å². The maximum Gasteiger partial charge on any atom is 0.341 e. The fraction of sp³-hybridized carbons (Fsp3) is 0.500. The van der Waals surface area contributed by atoms with Gasteiger partial charge < -0.3 is 14.6 Å². The third-order valence-electron chi connectivity index (χ3n) is 1.80. The molecule has 0 fully saturated rings. The molecule has 0 unspecified atom stereocenters. The van der Waals surface area contributed by atoms with Crippen molar-refractivity contribution in [1.82, 2.24) is 0 Å². The Hall–Kier alpha value is -1.36. The van der Waals surface area contributed by atoms with E-state index in [1.165, 1.54) is 13.0 Å². The van der Waals surface area contributed by atoms with Crippen LogP contribution in [0.5, 0.6) is 0 Å². The van der Waals surface area contributed by atoms with Gasteiger partial charge in [-0.05, 0) is 13.0 Å². The number of hydrogen-bond acceptors (Lipinski definition) is 5. The second-order valence-corrected chi connectivity index (χ2v) is 2.86. The Bertz CT molecular complexity index is 266. The van der Waals surface area contributed by atoms with Crippen molar-refractivity contribution in [3.05, 3.63) is 12.2 Å². The second-order valence-electron chi connectivity index (χ2n) is 2.86. The number of carbonyl (C=O) groups is 2. The Morgan fingerprint density at radius 2 is 2.38 bits per heavy atom. The quantitative estimate of drug-likeness (QED) is 0.582. The van der Waals surface area contributed by atoms with Crippen LogP contribution in [0.3, 0.4) is 0 Å². The number of ether oxygens (including phenoxy) is 2. The van der Waals surface area contributed by atoms with Crippen LogP contribution in [0.1, 0.15) is 6.92 Å². The maximum absolute atomic E-state index is 11.0. The van der Waals surface area contributed by atoms with Gasteiger partial charge in [-0.1, -0.05) is 0 Å². The minimum atomic E-state index is -1.82. The molecule has 1 aliphatic rings. The highest BCUT2D eigenvalue weighted by Gasteiger charge is 2.43. The summed E-state index contributed by atoms with van der Waals surface area (Å²) in [6.07, 6.45) is 1.51. The summed E-state index contributed by atoms with van der Waals surface area (Å²) < 4.78 is 9.00. The Morgan fingerprint density at radius 1 is 1.77 bits per heavy atom. The molecular formula is C8H10O5. The van der Waals surface area contributed by atoms with Gasteiger partial charge in [-0.2, -0.15) is 0 Å². The zero-order valence-electron chi connectivity index (χ0n) is 7.31. The molecule has 0 saturated heterocycles. The zero-order valence-corrected chi connectivity index (χ0v) is 7.31. The summed E-state index contributed by atoms with van der Waals surface area (Å²) in [5.41, 5.74) is -1.82. The van der Waals surface area contributed by atoms with E-state index in [1.54, 1.807) is 0 Å². The van der Waals surface area contributed by atoms with E-state index >= 15 is 0 Å². The predicted molar refractivity (Wildman–Crippen MR) is 41.7 cm³/mol. The average Bonchev–Trinajstić information content (AvgIpc) is 2.50. The van der Waals surface area contributed by atoms with Crippen LogP contribution in [0, 0.1) is 0 Å². The van der Waals surface area contributed by atoms with Crippen molar-refractivity contribution >= 4 is 11.9 Å². The van der Waals surface area contributed by atoms with Crippen molar-refractivity contribution in [3.8, 4) is 0 Å². The Kier molecular flexibility index (Phi) is 2.38. The van der Waals surface area contributed by atoms with Gasteiger partial charge >= 0.3 is 11.9 Å². The van der Waals surface area contributed by atoms with Gasteiger partial charge in [-0.25, -0.2) is 9.59 Å². The van der Waals surface area contributed by atoms with Gasteiger partial charge in [0.2, 0.25) is 0 Å². The van der Waals surface area contributed by atoms with E-state index in [9.17, 15) is 14.7 Å². The van der Waals surface area contributed by atoms with Gasteiger partial charge in [-0.3, -0.25) is 0 Å². The lowest BCUT2D eigenvalue weighted by Gasteiger charge is -2.24. The molecular weight excluding hydrogens is 176 g/mol. The Labute approximate surface area is 74.9 Å². The first-order chi connectivity index (χ1) is 5.98. The summed E-state index contributed by atoms with van der Waals surface area (Å²) in [6.45, 7) is 1.23. The minimum absolute atomic E-state index is 0.575. The third kappa shape index (κ3) is 1.70. The molecule has 0 saturated carbocycles. The fourth-order valence-electron chi connectivity index (χ4n) is 0.995. The van der Waals surface area contributed by atoms with E-state index in [-0.39, 0.29) is 0 Å². The highest BCUT2D eigenvalue weighted by Crippen LogP contribution is 2.20. The monoisotopic (exact) mass is 186 g/mol. The number of hydrogen-bond donors (Lipinski definition) is 1. The molecule has 0 aromatic carbocycles. The molecule has 0 aromatic rings. The first-order valence-corrected chi connectivity index (χ1v) is 3.68. The van der Waals surface area contributed by atoms with Crippen molar-refractivity contribution in [1.29, 1.82) is 0 Å². The Morgan fingerprint density at radius 3 is 2.77 bits per heavy atom. The molecule has 0 spiro atoms. The molecule has 0 aliphatic carbocycles. The summed E-state index contributed by atoms with van der Waals surface area (Å²) in [7, 11) is 1.15. The fourth-order valence-corrected chi connectivity index (χ4v) is 0.995. The normalized spacial score (nSPS) is 25.2. The number of rotatable bonds is 2. The largest absolute Gasteiger partial charge is 0.467 e. The predicted octanol–water partition coefficient (Wildman–Crippen LogP) is -0.608. The van der Waals surface area contributed by atoms with Crippen molar-refractivity contribution in [2.24, 2.45) is 0 Å². The summed E-state index contributed by atoms with van der Waals surface area (Å²) >= 11 is 0. The topological polar surface area (TPSA) is 72.8 Å². The molecule has 13 heavy (non-hydrogen) atoms. The summed E-state index contributed by atoms with van der Waals surface area (Å²) in [6, 6.07) is 0. The number of aliphatic hydroxyl groups is 1. The molecule has 2 atom stereocenters. The minimum Gasteiger partial charge on any atom is -0.467 e. The molecule has 0 aromatic heterocycles. The third-order valence-corrected chi connectivity index (χ3v) is 1.80. The molecule has 1 N–H and O–H groups in total. The van der Waals surface area contributed by atoms with Gasteiger partial charge in [0.1, 0.15) is 0 Å². The number of cyclic esters (lactones) is 1. The van der Waals surface area contributed by atoms with E-state index in [1.807, 2.05) is 0 Å². The average molecular weight is 186 g/mol. The summed E-state index contributed by atoms with van der Waals surface area (Å²) in [5, 5.41) is 9.60. The molecule has 5 heteroatoms. The van der Waals surface area contributed by atoms with Gasteiger partial charge in [0.05, 0.1) is 7.11 Å². The molecule has 0 bridgehead atoms. The van der Waals surface area contributed by atoms with Gasteiger partial charge in [0.25, 0.3) is 0 Å². The molecule has 72 valence electrons. The Balaban J connectivity index is 2.76. The van der Waals surface area contributed by atoms with Gasteiger partial charge in [0, 0.05) is 6.08 Å². The van der Waals surface area contributed by atoms with Crippen molar-refractivity contribution < 1.29 is 24.2 Å². The summed E-state index contributed by atoms with van der Waals surface area (Å²) in [4.78, 5) is 21.7. The van der Waals surface area contributed by atoms with Crippen LogP contribution in [0.25, 0.3) is 0 Å². The van der Waals surface area contributed by atoms with Crippen molar-refractivity contribution in [2.75, 3.05) is 7.11 Å². The molecule has 0 radical (unpaired) electrons. The summed E-state index contributed by atoms with van der Waals surface area (Å²) in [5.74, 6) is -1.41. The number of carbonyl (C=O) groups excluding carboxylic acids is 2. The smallest absolute Gasteiger partial charge is 0.341 e. The molecule has 1 rings (SSSR count). The highest BCUT2D eigenvalue weighted by atomic mass is 16.6. The van der Waals surface area contributed by atoms with E-state index < -0.39 is 23.6 Å². The molecule has 1 heterocycles. The van der Waals surface area contributed by atoms with Crippen LogP contribution in [-0.4, -0.2) is 35.9 Å². The lowest BCUT2D eigenvalue weighted by Crippen LogP contribution is -2.47. The lowest BCUT2D eigenvalue weighted by molar-refractivity contribution is -0.174. The number of esters is 2. The maximum atomic E-state index is 11.0. The van der Waals surface area contributed by atoms with Crippen molar-refractivity contribution in [2.45, 2.75) is 18.6 Å². The van der Waals surface area contributed by atoms with Crippen LogP contribution < -0.4 is 0 Å². The van der Waals surface area contributed by atoms with Crippen LogP contribution in [0.2, 0.25) is 0 Å². The van der Waals surface area contributed by atoms with E-state index in [0.717, 1.165) is 13.2 Å². The SMILES string of the molecule is COC(=O)[C@@](C)(O)[C@H]1C=CC(=O)O1. The van der Waals surface area contributed by atoms with Crippen molar-refractivity contribution in [3.63, 3.8) is 0 Å². The van der Waals surface area contributed by atoms with E-state index in [4.69, 9.17) is 0 Å². The second kappa shape index (κ2) is 3.18. The van der Waals surface area contributed by atoms with Crippen LogP contribution in [0.4, 0.5) is 0 Å². The highest BCUT2D eigenvalue weighted by molar-refractivity contribution is 5.87. The first-order valence-electron chi connectivity index (χ1n) is 3.68. The standard InChI is InChI=1S/C8H10O5/c1-8(11,7(10)12-2)5-3-4-6(9)13-5/h3-5,11H,1-2H3/t5-,8+/m1/s1. The molecule has 0 amide bonds. The molecule has 1 aliphatic heterocycles.